The topological polar surface area (TPSA) is 54.0 Å². The molecule has 2 N–H and O–H groups in total. The van der Waals surface area contributed by atoms with Gasteiger partial charge in [0, 0.05) is 30.2 Å². The van der Waals surface area contributed by atoms with Crippen molar-refractivity contribution < 1.29 is 18.0 Å². The summed E-state index contributed by atoms with van der Waals surface area (Å²) in [6.45, 7) is 0.714. The third kappa shape index (κ3) is 4.45. The van der Waals surface area contributed by atoms with Crippen LogP contribution in [0, 0.1) is 0 Å². The van der Waals surface area contributed by atoms with Gasteiger partial charge >= 0.3 is 6.18 Å². The number of amides is 1. The fourth-order valence-electron chi connectivity index (χ4n) is 1.53. The molecule has 2 aromatic heterocycles. The van der Waals surface area contributed by atoms with Crippen LogP contribution in [0.4, 0.5) is 19.0 Å². The quantitative estimate of drug-likeness (QED) is 0.834. The fourth-order valence-corrected chi connectivity index (χ4v) is 2.16. The normalized spacial score (nSPS) is 11.2. The first-order valence-corrected chi connectivity index (χ1v) is 6.98. The highest BCUT2D eigenvalue weighted by Gasteiger charge is 2.30. The predicted octanol–water partition coefficient (Wildman–Crippen LogP) is 3.00. The Morgan fingerprint density at radius 2 is 2.05 bits per heavy atom. The van der Waals surface area contributed by atoms with Crippen LogP contribution in [0.25, 0.3) is 0 Å². The molecule has 0 aliphatic heterocycles. The van der Waals surface area contributed by atoms with Crippen molar-refractivity contribution in [1.82, 2.24) is 10.3 Å². The molecule has 4 nitrogen and oxygen atoms in total. The second kappa shape index (κ2) is 6.57. The molecule has 0 saturated carbocycles. The Morgan fingerprint density at radius 3 is 2.62 bits per heavy atom. The number of pyridine rings is 1. The Balaban J connectivity index is 1.75. The minimum Gasteiger partial charge on any atom is -0.368 e. The van der Waals surface area contributed by atoms with E-state index >= 15 is 0 Å². The van der Waals surface area contributed by atoms with Gasteiger partial charge in [0.05, 0.1) is 5.56 Å². The minimum atomic E-state index is -4.39. The second-order valence-corrected chi connectivity index (χ2v) is 4.90. The van der Waals surface area contributed by atoms with E-state index in [2.05, 4.69) is 15.6 Å². The second-order valence-electron chi connectivity index (χ2n) is 4.12. The average molecular weight is 315 g/mol. The number of carbonyl (C=O) groups is 1. The van der Waals surface area contributed by atoms with Crippen molar-refractivity contribution in [3.8, 4) is 0 Å². The smallest absolute Gasteiger partial charge is 0.368 e. The first kappa shape index (κ1) is 15.3. The number of nitrogens with zero attached hydrogens (tertiary/aromatic N) is 1. The highest BCUT2D eigenvalue weighted by atomic mass is 32.1. The third-order valence-electron chi connectivity index (χ3n) is 2.59. The van der Waals surface area contributed by atoms with E-state index in [-0.39, 0.29) is 5.91 Å². The lowest BCUT2D eigenvalue weighted by atomic mass is 10.3. The molecule has 0 radical (unpaired) electrons. The summed E-state index contributed by atoms with van der Waals surface area (Å²) in [4.78, 5) is 15.3. The lowest BCUT2D eigenvalue weighted by molar-refractivity contribution is -0.137. The molecule has 0 spiro atoms. The van der Waals surface area contributed by atoms with E-state index < -0.39 is 11.7 Å². The predicted molar refractivity (Wildman–Crippen MR) is 74.4 cm³/mol. The van der Waals surface area contributed by atoms with Gasteiger partial charge in [-0.3, -0.25) is 4.79 Å². The first-order chi connectivity index (χ1) is 9.97. The zero-order valence-electron chi connectivity index (χ0n) is 10.8. The number of hydrogen-bond acceptors (Lipinski definition) is 4. The van der Waals surface area contributed by atoms with Crippen molar-refractivity contribution in [2.45, 2.75) is 6.18 Å². The molecule has 0 aromatic carbocycles. The summed E-state index contributed by atoms with van der Waals surface area (Å²) in [6, 6.07) is 3.92. The van der Waals surface area contributed by atoms with E-state index in [9.17, 15) is 18.0 Å². The highest BCUT2D eigenvalue weighted by molar-refractivity contribution is 7.08. The monoisotopic (exact) mass is 315 g/mol. The molecule has 0 fully saturated rings. The Morgan fingerprint density at radius 1 is 1.24 bits per heavy atom. The number of halogens is 3. The molecule has 1 amide bonds. The molecule has 0 saturated heterocycles. The van der Waals surface area contributed by atoms with Crippen LogP contribution in [0.2, 0.25) is 0 Å². The number of aromatic nitrogens is 1. The Kier molecular flexibility index (Phi) is 4.79. The Bertz CT molecular complexity index is 582. The van der Waals surface area contributed by atoms with Crippen LogP contribution < -0.4 is 10.6 Å². The molecule has 0 aliphatic carbocycles. The maximum absolute atomic E-state index is 12.3. The van der Waals surface area contributed by atoms with Crippen LogP contribution >= 0.6 is 11.3 Å². The number of carbonyl (C=O) groups excluding carboxylic acids is 1. The molecule has 0 bridgehead atoms. The summed E-state index contributed by atoms with van der Waals surface area (Å²) in [5.41, 5.74) is -0.202. The van der Waals surface area contributed by atoms with Crippen molar-refractivity contribution in [2.75, 3.05) is 18.4 Å². The number of nitrogens with one attached hydrogen (secondary N) is 2. The van der Waals surface area contributed by atoms with E-state index in [1.165, 1.54) is 17.4 Å². The molecule has 8 heteroatoms. The summed E-state index contributed by atoms with van der Waals surface area (Å²) < 4.78 is 37.0. The van der Waals surface area contributed by atoms with Gasteiger partial charge in [0.1, 0.15) is 5.82 Å². The van der Waals surface area contributed by atoms with Gasteiger partial charge in [0.2, 0.25) is 0 Å². The SMILES string of the molecule is O=C(NCCNc1ccc(C(F)(F)F)cn1)c1ccsc1. The van der Waals surface area contributed by atoms with Crippen LogP contribution in [0.1, 0.15) is 15.9 Å². The van der Waals surface area contributed by atoms with Crippen LogP contribution in [-0.4, -0.2) is 24.0 Å². The molecule has 2 heterocycles. The van der Waals surface area contributed by atoms with Crippen molar-refractivity contribution in [3.63, 3.8) is 0 Å². The molecule has 0 unspecified atom stereocenters. The Labute approximate surface area is 123 Å². The van der Waals surface area contributed by atoms with Crippen molar-refractivity contribution >= 4 is 23.1 Å². The summed E-state index contributed by atoms with van der Waals surface area (Å²) in [6.07, 6.45) is -3.62. The first-order valence-electron chi connectivity index (χ1n) is 6.04. The van der Waals surface area contributed by atoms with Crippen LogP contribution in [0.15, 0.2) is 35.2 Å². The van der Waals surface area contributed by atoms with Gasteiger partial charge in [-0.25, -0.2) is 4.98 Å². The summed E-state index contributed by atoms with van der Waals surface area (Å²) >= 11 is 1.43. The fraction of sp³-hybridized carbons (Fsp3) is 0.231. The van der Waals surface area contributed by atoms with Crippen molar-refractivity contribution in [2.24, 2.45) is 0 Å². The molecule has 21 heavy (non-hydrogen) atoms. The molecular formula is C13H12F3N3OS. The maximum Gasteiger partial charge on any atom is 0.417 e. The average Bonchev–Trinajstić information content (AvgIpc) is 2.97. The van der Waals surface area contributed by atoms with E-state index in [1.54, 1.807) is 16.8 Å². The van der Waals surface area contributed by atoms with Gasteiger partial charge in [0.15, 0.2) is 0 Å². The largest absolute Gasteiger partial charge is 0.417 e. The van der Waals surface area contributed by atoms with Gasteiger partial charge in [-0.2, -0.15) is 24.5 Å². The van der Waals surface area contributed by atoms with Gasteiger partial charge in [-0.05, 0) is 23.6 Å². The van der Waals surface area contributed by atoms with E-state index in [0.29, 0.717) is 24.5 Å². The van der Waals surface area contributed by atoms with E-state index in [0.717, 1.165) is 12.3 Å². The van der Waals surface area contributed by atoms with Gasteiger partial charge in [-0.1, -0.05) is 0 Å². The summed E-state index contributed by atoms with van der Waals surface area (Å²) in [7, 11) is 0. The standard InChI is InChI=1S/C13H12F3N3OS/c14-13(15,16)10-1-2-11(19-7-10)17-4-5-18-12(20)9-3-6-21-8-9/h1-3,6-8H,4-5H2,(H,17,19)(H,18,20). The lowest BCUT2D eigenvalue weighted by Gasteiger charge is -2.09. The minimum absolute atomic E-state index is 0.182. The molecule has 2 rings (SSSR count). The number of thiophene rings is 1. The number of hydrogen-bond donors (Lipinski definition) is 2. The van der Waals surface area contributed by atoms with Crippen molar-refractivity contribution in [3.05, 3.63) is 46.3 Å². The number of alkyl halides is 3. The third-order valence-corrected chi connectivity index (χ3v) is 3.27. The van der Waals surface area contributed by atoms with E-state index in [1.807, 2.05) is 0 Å². The van der Waals surface area contributed by atoms with E-state index in [4.69, 9.17) is 0 Å². The zero-order valence-corrected chi connectivity index (χ0v) is 11.6. The molecule has 0 aliphatic rings. The molecule has 2 aromatic rings. The molecular weight excluding hydrogens is 303 g/mol. The molecule has 0 atom stereocenters. The van der Waals surface area contributed by atoms with Gasteiger partial charge in [-0.15, -0.1) is 0 Å². The summed E-state index contributed by atoms with van der Waals surface area (Å²) in [5.74, 6) is 0.145. The van der Waals surface area contributed by atoms with Gasteiger partial charge < -0.3 is 10.6 Å². The van der Waals surface area contributed by atoms with Gasteiger partial charge in [0.25, 0.3) is 5.91 Å². The van der Waals surface area contributed by atoms with Crippen LogP contribution in [0.5, 0.6) is 0 Å². The number of rotatable bonds is 5. The summed E-state index contributed by atoms with van der Waals surface area (Å²) in [5, 5.41) is 9.06. The van der Waals surface area contributed by atoms with Crippen LogP contribution in [0.3, 0.4) is 0 Å². The van der Waals surface area contributed by atoms with Crippen LogP contribution in [-0.2, 0) is 6.18 Å². The van der Waals surface area contributed by atoms with Crippen molar-refractivity contribution in [1.29, 1.82) is 0 Å². The maximum atomic E-state index is 12.3. The Hall–Kier alpha value is -2.09. The lowest BCUT2D eigenvalue weighted by Crippen LogP contribution is -2.28. The highest BCUT2D eigenvalue weighted by Crippen LogP contribution is 2.28. The molecule has 112 valence electrons. The number of anilines is 1. The zero-order chi connectivity index (χ0) is 15.3.